The molecule has 0 atom stereocenters. The van der Waals surface area contributed by atoms with E-state index in [9.17, 15) is 4.79 Å². The van der Waals surface area contributed by atoms with Crippen LogP contribution in [0.15, 0.2) is 35.5 Å². The highest BCUT2D eigenvalue weighted by Crippen LogP contribution is 2.21. The molecule has 1 amide bonds. The van der Waals surface area contributed by atoms with Crippen molar-refractivity contribution in [3.8, 4) is 0 Å². The molecule has 0 saturated heterocycles. The number of hydrogen-bond donors (Lipinski definition) is 0. The normalized spacial score (nSPS) is 11.4. The van der Waals surface area contributed by atoms with Gasteiger partial charge in [0.05, 0.1) is 6.21 Å². The summed E-state index contributed by atoms with van der Waals surface area (Å²) in [6, 6.07) is 10.4. The highest BCUT2D eigenvalue weighted by molar-refractivity contribution is 7.99. The number of thioether (sulfide) groups is 1. The number of amides is 1. The molecule has 1 aromatic rings. The minimum Gasteiger partial charge on any atom is -0.298 e. The molecule has 1 aromatic carbocycles. The van der Waals surface area contributed by atoms with Crippen molar-refractivity contribution in [2.45, 2.75) is 26.4 Å². The van der Waals surface area contributed by atoms with Crippen LogP contribution in [0.2, 0.25) is 0 Å². The van der Waals surface area contributed by atoms with Gasteiger partial charge in [-0.05, 0) is 25.7 Å². The zero-order valence-corrected chi connectivity index (χ0v) is 15.1. The summed E-state index contributed by atoms with van der Waals surface area (Å²) in [5.41, 5.74) is 1.20. The standard InChI is InChI=1S/C15H23N3O2S2/c1-13(2)18(12-14-8-6-5-7-9-14)22-17(3)15(19)20-16-10-11-21-4/h5-10,13H,11-12H2,1-4H3. The number of benzene rings is 1. The van der Waals surface area contributed by atoms with Crippen molar-refractivity contribution in [3.63, 3.8) is 0 Å². The summed E-state index contributed by atoms with van der Waals surface area (Å²) in [6.45, 7) is 4.92. The van der Waals surface area contributed by atoms with E-state index >= 15 is 0 Å². The Balaban J connectivity index is 2.53. The van der Waals surface area contributed by atoms with Crippen molar-refractivity contribution in [1.82, 2.24) is 8.61 Å². The van der Waals surface area contributed by atoms with Gasteiger partial charge < -0.3 is 0 Å². The molecule has 122 valence electrons. The Bertz CT molecular complexity index is 469. The summed E-state index contributed by atoms with van der Waals surface area (Å²) in [6.07, 6.45) is 3.05. The first-order chi connectivity index (χ1) is 10.5. The van der Waals surface area contributed by atoms with E-state index in [1.807, 2.05) is 24.5 Å². The quantitative estimate of drug-likeness (QED) is 0.311. The van der Waals surface area contributed by atoms with Crippen LogP contribution in [0.25, 0.3) is 0 Å². The van der Waals surface area contributed by atoms with Gasteiger partial charge in [0.2, 0.25) is 0 Å². The molecule has 1 rings (SSSR count). The third-order valence-electron chi connectivity index (χ3n) is 2.69. The lowest BCUT2D eigenvalue weighted by molar-refractivity contribution is 0.136. The predicted octanol–water partition coefficient (Wildman–Crippen LogP) is 3.88. The highest BCUT2D eigenvalue weighted by Gasteiger charge is 2.19. The number of hydrogen-bond acceptors (Lipinski definition) is 6. The van der Waals surface area contributed by atoms with Gasteiger partial charge in [-0.3, -0.25) is 4.84 Å². The second-order valence-electron chi connectivity index (χ2n) is 4.83. The van der Waals surface area contributed by atoms with Crippen LogP contribution >= 0.6 is 23.9 Å². The second kappa shape index (κ2) is 10.5. The van der Waals surface area contributed by atoms with Crippen molar-refractivity contribution in [2.24, 2.45) is 5.16 Å². The maximum atomic E-state index is 11.9. The number of carbonyl (C=O) groups is 1. The van der Waals surface area contributed by atoms with Gasteiger partial charge in [0, 0.05) is 37.5 Å². The SMILES string of the molecule is CSCC=NOC(=O)N(C)SN(Cc1ccccc1)C(C)C. The van der Waals surface area contributed by atoms with Gasteiger partial charge in [-0.25, -0.2) is 13.4 Å². The van der Waals surface area contributed by atoms with Crippen LogP contribution in [0.5, 0.6) is 0 Å². The topological polar surface area (TPSA) is 45.1 Å². The second-order valence-corrected chi connectivity index (χ2v) is 6.92. The Kier molecular flexibility index (Phi) is 9.03. The van der Waals surface area contributed by atoms with E-state index in [0.717, 1.165) is 12.3 Å². The monoisotopic (exact) mass is 341 g/mol. The molecular weight excluding hydrogens is 318 g/mol. The lowest BCUT2D eigenvalue weighted by atomic mass is 10.2. The van der Waals surface area contributed by atoms with Crippen LogP contribution in [0.3, 0.4) is 0 Å². The molecule has 22 heavy (non-hydrogen) atoms. The lowest BCUT2D eigenvalue weighted by Gasteiger charge is -2.28. The first-order valence-electron chi connectivity index (χ1n) is 6.98. The first kappa shape index (κ1) is 18.9. The Morgan fingerprint density at radius 2 is 2.05 bits per heavy atom. The molecule has 0 aliphatic heterocycles. The molecule has 0 saturated carbocycles. The minimum absolute atomic E-state index is 0.278. The lowest BCUT2D eigenvalue weighted by Crippen LogP contribution is -2.31. The van der Waals surface area contributed by atoms with E-state index in [-0.39, 0.29) is 6.04 Å². The van der Waals surface area contributed by atoms with Gasteiger partial charge in [-0.1, -0.05) is 35.5 Å². The molecular formula is C15H23N3O2S2. The van der Waals surface area contributed by atoms with E-state index in [0.29, 0.717) is 0 Å². The average molecular weight is 342 g/mol. The van der Waals surface area contributed by atoms with Crippen molar-refractivity contribution in [2.75, 3.05) is 19.1 Å². The van der Waals surface area contributed by atoms with Crippen molar-refractivity contribution < 1.29 is 9.63 Å². The Labute approximate surface area is 141 Å². The fourth-order valence-electron chi connectivity index (χ4n) is 1.50. The van der Waals surface area contributed by atoms with E-state index in [1.165, 1.54) is 22.0 Å². The number of nitrogens with zero attached hydrogens (tertiary/aromatic N) is 3. The van der Waals surface area contributed by atoms with Gasteiger partial charge in [-0.15, -0.1) is 0 Å². The molecule has 0 radical (unpaired) electrons. The molecule has 0 aliphatic rings. The summed E-state index contributed by atoms with van der Waals surface area (Å²) in [5.74, 6) is 0.719. The zero-order valence-electron chi connectivity index (χ0n) is 13.4. The number of oxime groups is 1. The average Bonchev–Trinajstić information content (AvgIpc) is 2.51. The van der Waals surface area contributed by atoms with E-state index < -0.39 is 6.09 Å². The molecule has 0 spiro atoms. The van der Waals surface area contributed by atoms with Crippen LogP contribution in [0, 0.1) is 0 Å². The summed E-state index contributed by atoms with van der Waals surface area (Å²) in [4.78, 5) is 16.7. The Hall–Kier alpha value is -1.18. The third-order valence-corrected chi connectivity index (χ3v) is 4.33. The molecule has 0 heterocycles. The smallest absolute Gasteiger partial charge is 0.298 e. The number of carbonyl (C=O) groups excluding carboxylic acids is 1. The maximum absolute atomic E-state index is 11.9. The third kappa shape index (κ3) is 7.20. The van der Waals surface area contributed by atoms with E-state index in [2.05, 4.69) is 35.4 Å². The molecule has 0 unspecified atom stereocenters. The summed E-state index contributed by atoms with van der Waals surface area (Å²) < 4.78 is 3.56. The van der Waals surface area contributed by atoms with E-state index in [1.54, 1.807) is 25.0 Å². The van der Waals surface area contributed by atoms with Crippen molar-refractivity contribution in [3.05, 3.63) is 35.9 Å². The van der Waals surface area contributed by atoms with Gasteiger partial charge in [0.15, 0.2) is 0 Å². The van der Waals surface area contributed by atoms with Crippen LogP contribution in [-0.4, -0.2) is 46.0 Å². The molecule has 7 heteroatoms. The fourth-order valence-corrected chi connectivity index (χ4v) is 2.52. The number of rotatable bonds is 8. The Morgan fingerprint density at radius 3 is 2.64 bits per heavy atom. The zero-order chi connectivity index (χ0) is 16.4. The van der Waals surface area contributed by atoms with Crippen LogP contribution in [-0.2, 0) is 11.4 Å². The van der Waals surface area contributed by atoms with Crippen LogP contribution in [0.1, 0.15) is 19.4 Å². The molecule has 0 bridgehead atoms. The van der Waals surface area contributed by atoms with Crippen LogP contribution < -0.4 is 0 Å². The predicted molar refractivity (Wildman–Crippen MR) is 95.8 cm³/mol. The maximum Gasteiger partial charge on any atom is 0.446 e. The minimum atomic E-state index is -0.485. The van der Waals surface area contributed by atoms with Crippen molar-refractivity contribution in [1.29, 1.82) is 0 Å². The molecule has 0 fully saturated rings. The van der Waals surface area contributed by atoms with Gasteiger partial charge in [-0.2, -0.15) is 11.8 Å². The van der Waals surface area contributed by atoms with Gasteiger partial charge >= 0.3 is 6.09 Å². The highest BCUT2D eigenvalue weighted by atomic mass is 32.2. The summed E-state index contributed by atoms with van der Waals surface area (Å²) in [5, 5.41) is 3.65. The first-order valence-corrected chi connectivity index (χ1v) is 9.11. The fraction of sp³-hybridized carbons (Fsp3) is 0.467. The van der Waals surface area contributed by atoms with Gasteiger partial charge in [0.1, 0.15) is 0 Å². The van der Waals surface area contributed by atoms with Crippen LogP contribution in [0.4, 0.5) is 4.79 Å². The van der Waals surface area contributed by atoms with Crippen molar-refractivity contribution >= 4 is 36.2 Å². The van der Waals surface area contributed by atoms with E-state index in [4.69, 9.17) is 4.84 Å². The molecule has 0 aliphatic carbocycles. The summed E-state index contributed by atoms with van der Waals surface area (Å²) >= 11 is 2.94. The molecule has 5 nitrogen and oxygen atoms in total. The molecule has 0 aromatic heterocycles. The Morgan fingerprint density at radius 1 is 1.36 bits per heavy atom. The van der Waals surface area contributed by atoms with Gasteiger partial charge in [0.25, 0.3) is 0 Å². The largest absolute Gasteiger partial charge is 0.446 e. The summed E-state index contributed by atoms with van der Waals surface area (Å²) in [7, 11) is 1.68. The molecule has 0 N–H and O–H groups in total.